The van der Waals surface area contributed by atoms with E-state index in [0.29, 0.717) is 11.3 Å². The van der Waals surface area contributed by atoms with Gasteiger partial charge in [0.15, 0.2) is 0 Å². The van der Waals surface area contributed by atoms with Gasteiger partial charge in [-0.25, -0.2) is 0 Å². The average Bonchev–Trinajstić information content (AvgIpc) is 2.61. The third-order valence-electron chi connectivity index (χ3n) is 5.09. The summed E-state index contributed by atoms with van der Waals surface area (Å²) in [7, 11) is 0. The molecule has 1 aliphatic carbocycles. The van der Waals surface area contributed by atoms with Crippen molar-refractivity contribution in [3.8, 4) is 0 Å². The average molecular weight is 340 g/mol. The van der Waals surface area contributed by atoms with Gasteiger partial charge in [0.1, 0.15) is 0 Å². The number of carboxylic acid groups (broad SMARTS) is 1. The number of carboxylic acids is 1. The minimum Gasteiger partial charge on any atom is -0.481 e. The summed E-state index contributed by atoms with van der Waals surface area (Å²) in [6.07, 6.45) is 5.24. The minimum absolute atomic E-state index is 0.0517. The number of nitrogen functional groups attached to an aromatic ring is 1. The molecule has 0 spiro atoms. The Morgan fingerprint density at radius 1 is 1.12 bits per heavy atom. The van der Waals surface area contributed by atoms with Gasteiger partial charge in [0, 0.05) is 11.7 Å². The maximum atomic E-state index is 12.8. The molecular formula is C20H24N2O3. The number of carbonyl (C=O) groups excluding carboxylic acids is 1. The number of nitrogens with two attached hydrogens (primary N) is 1. The third kappa shape index (κ3) is 4.10. The van der Waals surface area contributed by atoms with Crippen LogP contribution < -0.4 is 11.1 Å². The number of hydrogen-bond acceptors (Lipinski definition) is 3. The molecule has 1 amide bonds. The first-order chi connectivity index (χ1) is 12.0. The van der Waals surface area contributed by atoms with Gasteiger partial charge < -0.3 is 16.2 Å². The quantitative estimate of drug-likeness (QED) is 0.725. The van der Waals surface area contributed by atoms with Crippen molar-refractivity contribution >= 4 is 28.3 Å². The monoisotopic (exact) mass is 340 g/mol. The van der Waals surface area contributed by atoms with Crippen LogP contribution >= 0.6 is 0 Å². The highest BCUT2D eigenvalue weighted by molar-refractivity contribution is 6.04. The molecule has 0 bridgehead atoms. The van der Waals surface area contributed by atoms with Crippen molar-refractivity contribution in [2.24, 2.45) is 5.92 Å². The highest BCUT2D eigenvalue weighted by atomic mass is 16.4. The number of aliphatic carboxylic acids is 1. The van der Waals surface area contributed by atoms with Gasteiger partial charge in [-0.1, -0.05) is 43.5 Å². The summed E-state index contributed by atoms with van der Waals surface area (Å²) in [6.45, 7) is 0. The van der Waals surface area contributed by atoms with Crippen LogP contribution in [0.3, 0.4) is 0 Å². The Balaban J connectivity index is 1.82. The molecule has 0 radical (unpaired) electrons. The molecule has 4 N–H and O–H groups in total. The van der Waals surface area contributed by atoms with Gasteiger partial charge in [0.25, 0.3) is 5.91 Å². The molecule has 1 atom stereocenters. The zero-order valence-electron chi connectivity index (χ0n) is 14.2. The van der Waals surface area contributed by atoms with E-state index in [-0.39, 0.29) is 24.3 Å². The van der Waals surface area contributed by atoms with Crippen molar-refractivity contribution in [2.75, 3.05) is 5.73 Å². The van der Waals surface area contributed by atoms with Crippen LogP contribution in [0, 0.1) is 5.92 Å². The van der Waals surface area contributed by atoms with Crippen molar-refractivity contribution in [3.05, 3.63) is 42.0 Å². The summed E-state index contributed by atoms with van der Waals surface area (Å²) < 4.78 is 0. The first-order valence-corrected chi connectivity index (χ1v) is 8.85. The molecule has 1 aliphatic rings. The molecule has 0 aliphatic heterocycles. The SMILES string of the molecule is Nc1cc2ccccc2cc1C(=O)N[C@H](CC(=O)O)C1CCCCC1. The zero-order chi connectivity index (χ0) is 17.8. The number of amides is 1. The predicted octanol–water partition coefficient (Wildman–Crippen LogP) is 3.58. The molecule has 0 heterocycles. The van der Waals surface area contributed by atoms with E-state index >= 15 is 0 Å². The molecule has 5 heteroatoms. The number of nitrogens with one attached hydrogen (secondary N) is 1. The van der Waals surface area contributed by atoms with Crippen LogP contribution in [0.4, 0.5) is 5.69 Å². The Morgan fingerprint density at radius 2 is 1.76 bits per heavy atom. The van der Waals surface area contributed by atoms with E-state index in [4.69, 9.17) is 5.73 Å². The Labute approximate surface area is 147 Å². The second-order valence-corrected chi connectivity index (χ2v) is 6.86. The Hall–Kier alpha value is -2.56. The smallest absolute Gasteiger partial charge is 0.305 e. The van der Waals surface area contributed by atoms with Crippen molar-refractivity contribution in [1.82, 2.24) is 5.32 Å². The van der Waals surface area contributed by atoms with E-state index < -0.39 is 5.97 Å². The molecule has 132 valence electrons. The van der Waals surface area contributed by atoms with E-state index in [2.05, 4.69) is 5.32 Å². The number of rotatable bonds is 5. The molecule has 2 aromatic carbocycles. The Kier molecular flexibility index (Phi) is 5.22. The van der Waals surface area contributed by atoms with Gasteiger partial charge in [-0.2, -0.15) is 0 Å². The molecule has 25 heavy (non-hydrogen) atoms. The minimum atomic E-state index is -0.887. The highest BCUT2D eigenvalue weighted by Gasteiger charge is 2.28. The third-order valence-corrected chi connectivity index (χ3v) is 5.09. The predicted molar refractivity (Wildman–Crippen MR) is 98.4 cm³/mol. The van der Waals surface area contributed by atoms with Crippen LogP contribution in [0.2, 0.25) is 0 Å². The summed E-state index contributed by atoms with van der Waals surface area (Å²) >= 11 is 0. The maximum Gasteiger partial charge on any atom is 0.305 e. The van der Waals surface area contributed by atoms with Crippen molar-refractivity contribution < 1.29 is 14.7 Å². The summed E-state index contributed by atoms with van der Waals surface area (Å²) in [5.41, 5.74) is 6.88. The topological polar surface area (TPSA) is 92.4 Å². The van der Waals surface area contributed by atoms with Crippen LogP contribution in [-0.4, -0.2) is 23.0 Å². The van der Waals surface area contributed by atoms with Crippen LogP contribution in [0.5, 0.6) is 0 Å². The highest BCUT2D eigenvalue weighted by Crippen LogP contribution is 2.29. The fraction of sp³-hybridized carbons (Fsp3) is 0.400. The summed E-state index contributed by atoms with van der Waals surface area (Å²) in [4.78, 5) is 24.0. The lowest BCUT2D eigenvalue weighted by atomic mass is 9.82. The number of hydrogen-bond donors (Lipinski definition) is 3. The molecular weight excluding hydrogens is 316 g/mol. The molecule has 0 saturated heterocycles. The first kappa shape index (κ1) is 17.3. The lowest BCUT2D eigenvalue weighted by Gasteiger charge is -2.30. The van der Waals surface area contributed by atoms with Gasteiger partial charge in [-0.3, -0.25) is 9.59 Å². The van der Waals surface area contributed by atoms with E-state index in [1.54, 1.807) is 12.1 Å². The normalized spacial score (nSPS) is 16.5. The molecule has 2 aromatic rings. The van der Waals surface area contributed by atoms with E-state index in [0.717, 1.165) is 36.5 Å². The number of carbonyl (C=O) groups is 2. The van der Waals surface area contributed by atoms with Crippen molar-refractivity contribution in [1.29, 1.82) is 0 Å². The summed E-state index contributed by atoms with van der Waals surface area (Å²) in [5.74, 6) is -0.960. The fourth-order valence-corrected chi connectivity index (χ4v) is 3.76. The van der Waals surface area contributed by atoms with Crippen molar-refractivity contribution in [2.45, 2.75) is 44.6 Å². The van der Waals surface area contributed by atoms with Gasteiger partial charge in [0.2, 0.25) is 0 Å². The van der Waals surface area contributed by atoms with Gasteiger partial charge >= 0.3 is 5.97 Å². The fourth-order valence-electron chi connectivity index (χ4n) is 3.76. The number of anilines is 1. The lowest BCUT2D eigenvalue weighted by molar-refractivity contribution is -0.137. The Morgan fingerprint density at radius 3 is 2.40 bits per heavy atom. The first-order valence-electron chi connectivity index (χ1n) is 8.85. The zero-order valence-corrected chi connectivity index (χ0v) is 14.2. The van der Waals surface area contributed by atoms with E-state index in [1.165, 1.54) is 6.42 Å². The molecule has 5 nitrogen and oxygen atoms in total. The molecule has 3 rings (SSSR count). The van der Waals surface area contributed by atoms with Crippen molar-refractivity contribution in [3.63, 3.8) is 0 Å². The van der Waals surface area contributed by atoms with Gasteiger partial charge in [0.05, 0.1) is 12.0 Å². The van der Waals surface area contributed by atoms with Crippen LogP contribution in [0.1, 0.15) is 48.9 Å². The van der Waals surface area contributed by atoms with Crippen LogP contribution in [0.25, 0.3) is 10.8 Å². The standard InChI is InChI=1S/C20H24N2O3/c21-17-11-15-9-5-4-8-14(15)10-16(17)20(25)22-18(12-19(23)24)13-6-2-1-3-7-13/h4-5,8-11,13,18H,1-3,6-7,12,21H2,(H,22,25)(H,23,24)/t18-/m1/s1. The lowest BCUT2D eigenvalue weighted by Crippen LogP contribution is -2.42. The maximum absolute atomic E-state index is 12.8. The van der Waals surface area contributed by atoms with Gasteiger partial charge in [-0.15, -0.1) is 0 Å². The van der Waals surface area contributed by atoms with E-state index in [9.17, 15) is 14.7 Å². The number of benzene rings is 2. The number of fused-ring (bicyclic) bond motifs is 1. The van der Waals surface area contributed by atoms with Crippen LogP contribution in [0.15, 0.2) is 36.4 Å². The molecule has 1 fully saturated rings. The largest absolute Gasteiger partial charge is 0.481 e. The van der Waals surface area contributed by atoms with E-state index in [1.807, 2.05) is 24.3 Å². The second-order valence-electron chi connectivity index (χ2n) is 6.86. The molecule has 0 aromatic heterocycles. The van der Waals surface area contributed by atoms with Crippen LogP contribution in [-0.2, 0) is 4.79 Å². The van der Waals surface area contributed by atoms with Gasteiger partial charge in [-0.05, 0) is 41.7 Å². The molecule has 1 saturated carbocycles. The summed E-state index contributed by atoms with van der Waals surface area (Å²) in [5, 5.41) is 14.1. The second kappa shape index (κ2) is 7.55. The molecule has 0 unspecified atom stereocenters. The Bertz CT molecular complexity index is 782. The summed E-state index contributed by atoms with van der Waals surface area (Å²) in [6, 6.07) is 10.9.